The van der Waals surface area contributed by atoms with Crippen molar-refractivity contribution >= 4 is 29.1 Å². The van der Waals surface area contributed by atoms with E-state index in [0.29, 0.717) is 33.7 Å². The van der Waals surface area contributed by atoms with Gasteiger partial charge >= 0.3 is 0 Å². The minimum Gasteiger partial charge on any atom is -0.504 e. The zero-order chi connectivity index (χ0) is 22.4. The Morgan fingerprint density at radius 1 is 1.16 bits per heavy atom. The molecule has 2 aromatic carbocycles. The molecular weight excluding hydrogens is 408 g/mol. The van der Waals surface area contributed by atoms with E-state index in [4.69, 9.17) is 12.2 Å². The molecular formula is C25H20N2O3S. The molecule has 31 heavy (non-hydrogen) atoms. The van der Waals surface area contributed by atoms with Gasteiger partial charge in [-0.3, -0.25) is 4.79 Å². The van der Waals surface area contributed by atoms with Crippen LogP contribution < -0.4 is 5.32 Å². The highest BCUT2D eigenvalue weighted by atomic mass is 32.1. The van der Waals surface area contributed by atoms with Gasteiger partial charge in [-0.1, -0.05) is 73.4 Å². The molecule has 1 aliphatic rings. The predicted molar refractivity (Wildman–Crippen MR) is 124 cm³/mol. The van der Waals surface area contributed by atoms with Gasteiger partial charge in [0.15, 0.2) is 11.5 Å². The molecule has 0 saturated heterocycles. The molecule has 0 heterocycles. The van der Waals surface area contributed by atoms with Crippen LogP contribution in [0.1, 0.15) is 23.1 Å². The predicted octanol–water partition coefficient (Wildman–Crippen LogP) is 4.84. The van der Waals surface area contributed by atoms with Crippen LogP contribution in [0.3, 0.4) is 0 Å². The van der Waals surface area contributed by atoms with Gasteiger partial charge in [0.2, 0.25) is 0 Å². The van der Waals surface area contributed by atoms with E-state index in [0.717, 1.165) is 5.56 Å². The fourth-order valence-corrected chi connectivity index (χ4v) is 3.42. The average molecular weight is 429 g/mol. The van der Waals surface area contributed by atoms with E-state index in [2.05, 4.69) is 11.9 Å². The van der Waals surface area contributed by atoms with Gasteiger partial charge in [-0.05, 0) is 34.4 Å². The third-order valence-corrected chi connectivity index (χ3v) is 5.23. The lowest BCUT2D eigenvalue weighted by Crippen LogP contribution is -2.24. The summed E-state index contributed by atoms with van der Waals surface area (Å²) in [5.41, 5.74) is 3.09. The van der Waals surface area contributed by atoms with Gasteiger partial charge in [0.1, 0.15) is 11.6 Å². The first-order chi connectivity index (χ1) is 14.9. The van der Waals surface area contributed by atoms with Crippen LogP contribution in [0.5, 0.6) is 0 Å². The summed E-state index contributed by atoms with van der Waals surface area (Å²) in [4.78, 5) is 13.0. The number of hydrogen-bond donors (Lipinski definition) is 3. The van der Waals surface area contributed by atoms with Crippen molar-refractivity contribution in [3.63, 3.8) is 0 Å². The highest BCUT2D eigenvalue weighted by Gasteiger charge is 2.20. The van der Waals surface area contributed by atoms with Crippen LogP contribution in [0.2, 0.25) is 0 Å². The molecule has 154 valence electrons. The molecule has 0 aliphatic heterocycles. The lowest BCUT2D eigenvalue weighted by Gasteiger charge is -2.18. The fourth-order valence-electron chi connectivity index (χ4n) is 3.11. The molecule has 1 aliphatic carbocycles. The number of nitrogens with zero attached hydrogens (tertiary/aromatic N) is 1. The van der Waals surface area contributed by atoms with Gasteiger partial charge in [0, 0.05) is 23.4 Å². The fraction of sp³-hybridized carbons (Fsp3) is 0.0800. The molecule has 0 radical (unpaired) electrons. The van der Waals surface area contributed by atoms with Gasteiger partial charge in [-0.2, -0.15) is 5.26 Å². The molecule has 6 heteroatoms. The standard InChI is InChI=1S/C25H20N2O3S/c1-16-11-19(13-22(28)23(16)29)24(31)21-10-6-5-9-18(21)12-20(14-26)25(30)27-15-17-7-3-2-4-8-17/h2-10,12-13,28-29H,1,11,15H2,(H,27,30). The molecule has 3 rings (SSSR count). The highest BCUT2D eigenvalue weighted by Crippen LogP contribution is 2.29. The number of nitriles is 1. The summed E-state index contributed by atoms with van der Waals surface area (Å²) in [5.74, 6) is -1.02. The quantitative estimate of drug-likeness (QED) is 0.265. The van der Waals surface area contributed by atoms with Crippen molar-refractivity contribution in [2.45, 2.75) is 13.0 Å². The number of aliphatic hydroxyl groups excluding tert-OH is 2. The van der Waals surface area contributed by atoms with E-state index in [-0.39, 0.29) is 23.5 Å². The topological polar surface area (TPSA) is 93.4 Å². The Balaban J connectivity index is 1.86. The average Bonchev–Trinajstić information content (AvgIpc) is 2.79. The minimum atomic E-state index is -0.483. The molecule has 0 saturated carbocycles. The molecule has 2 aromatic rings. The van der Waals surface area contributed by atoms with E-state index in [9.17, 15) is 20.3 Å². The minimum absolute atomic E-state index is 0.0476. The Bertz CT molecular complexity index is 1180. The van der Waals surface area contributed by atoms with E-state index in [1.165, 1.54) is 12.2 Å². The number of aliphatic hydroxyl groups is 2. The number of carbonyl (C=O) groups excluding carboxylic acids is 1. The van der Waals surface area contributed by atoms with Crippen molar-refractivity contribution in [3.8, 4) is 6.07 Å². The van der Waals surface area contributed by atoms with Crippen molar-refractivity contribution in [1.29, 1.82) is 5.26 Å². The Morgan fingerprint density at radius 3 is 2.52 bits per heavy atom. The maximum Gasteiger partial charge on any atom is 0.262 e. The summed E-state index contributed by atoms with van der Waals surface area (Å²) in [6.45, 7) is 4.06. The van der Waals surface area contributed by atoms with Crippen molar-refractivity contribution in [1.82, 2.24) is 5.32 Å². The lowest BCUT2D eigenvalue weighted by atomic mass is 9.91. The third-order valence-electron chi connectivity index (χ3n) is 4.75. The number of rotatable bonds is 6. The zero-order valence-corrected chi connectivity index (χ0v) is 17.4. The van der Waals surface area contributed by atoms with Crippen molar-refractivity contribution < 1.29 is 15.0 Å². The molecule has 5 nitrogen and oxygen atoms in total. The van der Waals surface area contributed by atoms with Gasteiger partial charge in [-0.15, -0.1) is 0 Å². The number of allylic oxidation sites excluding steroid dienone is 3. The van der Waals surface area contributed by atoms with Crippen LogP contribution in [0.15, 0.2) is 95.5 Å². The van der Waals surface area contributed by atoms with Gasteiger partial charge < -0.3 is 15.5 Å². The van der Waals surface area contributed by atoms with Crippen LogP contribution in [0, 0.1) is 11.3 Å². The molecule has 0 aromatic heterocycles. The number of nitrogens with one attached hydrogen (secondary N) is 1. The number of hydrogen-bond acceptors (Lipinski definition) is 5. The molecule has 0 unspecified atom stereocenters. The van der Waals surface area contributed by atoms with Crippen LogP contribution in [-0.4, -0.2) is 21.0 Å². The van der Waals surface area contributed by atoms with Gasteiger partial charge in [-0.25, -0.2) is 0 Å². The first-order valence-corrected chi connectivity index (χ1v) is 9.90. The Hall–Kier alpha value is -3.95. The van der Waals surface area contributed by atoms with Crippen LogP contribution in [-0.2, 0) is 11.3 Å². The lowest BCUT2D eigenvalue weighted by molar-refractivity contribution is -0.117. The second-order valence-electron chi connectivity index (χ2n) is 6.94. The van der Waals surface area contributed by atoms with E-state index in [1.807, 2.05) is 36.4 Å². The normalized spacial score (nSPS) is 14.0. The van der Waals surface area contributed by atoms with Crippen molar-refractivity contribution in [2.75, 3.05) is 0 Å². The highest BCUT2D eigenvalue weighted by molar-refractivity contribution is 7.81. The summed E-state index contributed by atoms with van der Waals surface area (Å²) in [5, 5.41) is 32.0. The van der Waals surface area contributed by atoms with Crippen LogP contribution >= 0.6 is 12.2 Å². The first-order valence-electron chi connectivity index (χ1n) is 9.49. The Kier molecular flexibility index (Phi) is 6.81. The second kappa shape index (κ2) is 9.70. The monoisotopic (exact) mass is 428 g/mol. The second-order valence-corrected chi connectivity index (χ2v) is 7.35. The summed E-state index contributed by atoms with van der Waals surface area (Å²) in [6, 6.07) is 18.5. The first kappa shape index (κ1) is 21.8. The summed E-state index contributed by atoms with van der Waals surface area (Å²) in [6.07, 6.45) is 3.19. The Morgan fingerprint density at radius 2 is 1.84 bits per heavy atom. The van der Waals surface area contributed by atoms with Crippen molar-refractivity contribution in [3.05, 3.63) is 112 Å². The number of carbonyl (C=O) groups is 1. The summed E-state index contributed by atoms with van der Waals surface area (Å²) in [7, 11) is 0. The third kappa shape index (κ3) is 5.16. The maximum atomic E-state index is 12.5. The van der Waals surface area contributed by atoms with E-state index in [1.54, 1.807) is 24.3 Å². The summed E-state index contributed by atoms with van der Waals surface area (Å²) < 4.78 is 0. The summed E-state index contributed by atoms with van der Waals surface area (Å²) >= 11 is 5.60. The maximum absolute atomic E-state index is 12.5. The molecule has 0 spiro atoms. The molecule has 0 fully saturated rings. The van der Waals surface area contributed by atoms with Crippen LogP contribution in [0.4, 0.5) is 0 Å². The number of amides is 1. The van der Waals surface area contributed by atoms with Gasteiger partial charge in [0.25, 0.3) is 5.91 Å². The van der Waals surface area contributed by atoms with Crippen molar-refractivity contribution in [2.24, 2.45) is 0 Å². The molecule has 0 atom stereocenters. The smallest absolute Gasteiger partial charge is 0.262 e. The zero-order valence-electron chi connectivity index (χ0n) is 16.6. The van der Waals surface area contributed by atoms with Crippen LogP contribution in [0.25, 0.3) is 6.08 Å². The number of benzene rings is 2. The largest absolute Gasteiger partial charge is 0.504 e. The van der Waals surface area contributed by atoms with E-state index >= 15 is 0 Å². The Labute approximate surface area is 186 Å². The molecule has 1 amide bonds. The molecule has 3 N–H and O–H groups in total. The SMILES string of the molecule is C=C1CC(C(=S)c2ccccc2C=C(C#N)C(=O)NCc2ccccc2)=CC(O)=C1O. The number of thiocarbonyl (C=S) groups is 1. The molecule has 0 bridgehead atoms. The van der Waals surface area contributed by atoms with Gasteiger partial charge in [0.05, 0.1) is 0 Å². The van der Waals surface area contributed by atoms with E-state index < -0.39 is 5.91 Å².